The van der Waals surface area contributed by atoms with Crippen LogP contribution in [0.1, 0.15) is 31.9 Å². The monoisotopic (exact) mass is 263 g/mol. The fourth-order valence-corrected chi connectivity index (χ4v) is 2.59. The molecule has 0 aliphatic carbocycles. The molecule has 0 aliphatic heterocycles. The Hall–Kier alpha value is -2.47. The van der Waals surface area contributed by atoms with Gasteiger partial charge in [-0.15, -0.1) is 0 Å². The van der Waals surface area contributed by atoms with Crippen LogP contribution in [-0.4, -0.2) is 4.68 Å². The van der Waals surface area contributed by atoms with Gasteiger partial charge in [-0.25, -0.2) is 0 Å². The largest absolute Gasteiger partial charge is 0.339 e. The number of nitrogens with two attached hydrogens (primary N) is 1. The van der Waals surface area contributed by atoms with Crippen molar-refractivity contribution in [3.05, 3.63) is 47.5 Å². The van der Waals surface area contributed by atoms with Crippen LogP contribution in [0.4, 0.5) is 0 Å². The Labute approximate surface area is 118 Å². The molecule has 2 N–H and O–H groups in total. The van der Waals surface area contributed by atoms with E-state index in [2.05, 4.69) is 45.0 Å². The Morgan fingerprint density at radius 2 is 1.60 bits per heavy atom. The van der Waals surface area contributed by atoms with Crippen molar-refractivity contribution in [1.82, 2.24) is 4.68 Å². The van der Waals surface area contributed by atoms with E-state index in [1.165, 1.54) is 5.56 Å². The average molecular weight is 263 g/mol. The van der Waals surface area contributed by atoms with Crippen molar-refractivity contribution in [3.8, 4) is 6.07 Å². The van der Waals surface area contributed by atoms with E-state index in [-0.39, 0.29) is 5.41 Å². The molecule has 20 heavy (non-hydrogen) atoms. The zero-order valence-corrected chi connectivity index (χ0v) is 11.9. The number of nitriles is 1. The minimum absolute atomic E-state index is 0.0874. The van der Waals surface area contributed by atoms with Gasteiger partial charge in [0.2, 0.25) is 0 Å². The molecular formula is C17H17N3. The smallest absolute Gasteiger partial charge is 0.0991 e. The van der Waals surface area contributed by atoms with Crippen LogP contribution in [0.5, 0.6) is 0 Å². The molecule has 3 nitrogen and oxygen atoms in total. The van der Waals surface area contributed by atoms with Crippen molar-refractivity contribution in [2.75, 3.05) is 5.84 Å². The van der Waals surface area contributed by atoms with E-state index < -0.39 is 0 Å². The molecule has 100 valence electrons. The van der Waals surface area contributed by atoms with Crippen LogP contribution < -0.4 is 5.84 Å². The van der Waals surface area contributed by atoms with Crippen LogP contribution >= 0.6 is 0 Å². The first-order chi connectivity index (χ1) is 9.41. The summed E-state index contributed by atoms with van der Waals surface area (Å²) in [6.45, 7) is 6.57. The number of hydrogen-bond acceptors (Lipinski definition) is 2. The molecule has 3 heteroatoms. The van der Waals surface area contributed by atoms with Gasteiger partial charge in [-0.1, -0.05) is 26.8 Å². The van der Waals surface area contributed by atoms with Crippen LogP contribution in [0.3, 0.4) is 0 Å². The number of fused-ring (bicyclic) bond motifs is 3. The van der Waals surface area contributed by atoms with Gasteiger partial charge in [0.15, 0.2) is 0 Å². The van der Waals surface area contributed by atoms with Gasteiger partial charge in [-0.3, -0.25) is 4.68 Å². The van der Waals surface area contributed by atoms with Crippen LogP contribution in [-0.2, 0) is 5.41 Å². The molecule has 1 aromatic heterocycles. The molecule has 0 spiro atoms. The third kappa shape index (κ3) is 1.73. The highest BCUT2D eigenvalue weighted by atomic mass is 15.3. The van der Waals surface area contributed by atoms with E-state index in [1.54, 1.807) is 10.7 Å². The lowest BCUT2D eigenvalue weighted by atomic mass is 9.86. The molecule has 0 radical (unpaired) electrons. The fraction of sp³-hybridized carbons (Fsp3) is 0.235. The van der Waals surface area contributed by atoms with Gasteiger partial charge in [0.1, 0.15) is 0 Å². The summed E-state index contributed by atoms with van der Waals surface area (Å²) in [6, 6.07) is 14.2. The molecule has 3 rings (SSSR count). The van der Waals surface area contributed by atoms with E-state index in [0.29, 0.717) is 5.56 Å². The first kappa shape index (κ1) is 12.6. The van der Waals surface area contributed by atoms with Gasteiger partial charge in [0.25, 0.3) is 0 Å². The molecule has 1 heterocycles. The summed E-state index contributed by atoms with van der Waals surface area (Å²) >= 11 is 0. The molecular weight excluding hydrogens is 246 g/mol. The van der Waals surface area contributed by atoms with Crippen molar-refractivity contribution >= 4 is 21.8 Å². The molecule has 0 atom stereocenters. The molecule has 0 unspecified atom stereocenters. The van der Waals surface area contributed by atoms with Crippen molar-refractivity contribution in [2.45, 2.75) is 26.2 Å². The van der Waals surface area contributed by atoms with E-state index in [0.717, 1.165) is 21.8 Å². The standard InChI is InChI=1S/C17H17N3/c1-17(2,3)12-5-7-16-14(9-12)13-8-11(10-18)4-6-15(13)20(16)19/h4-9H,19H2,1-3H3. The van der Waals surface area contributed by atoms with Crippen LogP contribution in [0, 0.1) is 11.3 Å². The molecule has 0 saturated carbocycles. The van der Waals surface area contributed by atoms with Gasteiger partial charge in [0.05, 0.1) is 22.7 Å². The number of rotatable bonds is 0. The zero-order valence-electron chi connectivity index (χ0n) is 11.9. The Morgan fingerprint density at radius 3 is 2.20 bits per heavy atom. The highest BCUT2D eigenvalue weighted by molar-refractivity contribution is 6.08. The SMILES string of the molecule is CC(C)(C)c1ccc2c(c1)c1cc(C#N)ccc1n2N. The van der Waals surface area contributed by atoms with Crippen molar-refractivity contribution in [1.29, 1.82) is 5.26 Å². The van der Waals surface area contributed by atoms with Gasteiger partial charge in [-0.2, -0.15) is 5.26 Å². The molecule has 0 aliphatic rings. The summed E-state index contributed by atoms with van der Waals surface area (Å²) < 4.78 is 1.69. The first-order valence-electron chi connectivity index (χ1n) is 6.66. The van der Waals surface area contributed by atoms with Crippen molar-refractivity contribution in [2.24, 2.45) is 0 Å². The maximum absolute atomic E-state index is 9.07. The summed E-state index contributed by atoms with van der Waals surface area (Å²) in [5, 5.41) is 11.2. The minimum Gasteiger partial charge on any atom is -0.339 e. The van der Waals surface area contributed by atoms with Crippen LogP contribution in [0.25, 0.3) is 21.8 Å². The topological polar surface area (TPSA) is 54.7 Å². The number of hydrogen-bond donors (Lipinski definition) is 1. The number of nitrogens with zero attached hydrogens (tertiary/aromatic N) is 2. The Bertz CT molecular complexity index is 858. The summed E-state index contributed by atoms with van der Waals surface area (Å²) in [4.78, 5) is 0. The number of nitrogen functional groups attached to an aromatic ring is 1. The molecule has 0 fully saturated rings. The van der Waals surface area contributed by atoms with Gasteiger partial charge in [-0.05, 0) is 41.3 Å². The van der Waals surface area contributed by atoms with Crippen LogP contribution in [0.15, 0.2) is 36.4 Å². The lowest BCUT2D eigenvalue weighted by Crippen LogP contribution is -2.11. The lowest BCUT2D eigenvalue weighted by Gasteiger charge is -2.19. The summed E-state index contributed by atoms with van der Waals surface area (Å²) in [6.07, 6.45) is 0. The summed E-state index contributed by atoms with van der Waals surface area (Å²) in [5.41, 5.74) is 3.95. The van der Waals surface area contributed by atoms with Crippen LogP contribution in [0.2, 0.25) is 0 Å². The van der Waals surface area contributed by atoms with Gasteiger partial charge in [0, 0.05) is 10.8 Å². The second-order valence-electron chi connectivity index (χ2n) is 6.20. The maximum atomic E-state index is 9.07. The second kappa shape index (κ2) is 4.01. The summed E-state index contributed by atoms with van der Waals surface area (Å²) in [7, 11) is 0. The maximum Gasteiger partial charge on any atom is 0.0991 e. The predicted molar refractivity (Wildman–Crippen MR) is 83.0 cm³/mol. The van der Waals surface area contributed by atoms with Crippen molar-refractivity contribution in [3.63, 3.8) is 0 Å². The predicted octanol–water partition coefficient (Wildman–Crippen LogP) is 3.68. The van der Waals surface area contributed by atoms with E-state index in [4.69, 9.17) is 11.1 Å². The fourth-order valence-electron chi connectivity index (χ4n) is 2.59. The average Bonchev–Trinajstić information content (AvgIpc) is 2.70. The third-order valence-corrected chi connectivity index (χ3v) is 3.80. The number of aromatic nitrogens is 1. The molecule has 3 aromatic rings. The first-order valence-corrected chi connectivity index (χ1v) is 6.66. The Morgan fingerprint density at radius 1 is 1.00 bits per heavy atom. The molecule has 2 aromatic carbocycles. The molecule has 0 bridgehead atoms. The Kier molecular flexibility index (Phi) is 2.52. The second-order valence-corrected chi connectivity index (χ2v) is 6.20. The Balaban J connectivity index is 2.44. The zero-order chi connectivity index (χ0) is 14.5. The van der Waals surface area contributed by atoms with Crippen molar-refractivity contribution < 1.29 is 0 Å². The highest BCUT2D eigenvalue weighted by Crippen LogP contribution is 2.32. The quantitative estimate of drug-likeness (QED) is 0.629. The third-order valence-electron chi connectivity index (χ3n) is 3.80. The normalized spacial score (nSPS) is 11.9. The van der Waals surface area contributed by atoms with Gasteiger partial charge >= 0.3 is 0 Å². The van der Waals surface area contributed by atoms with E-state index in [9.17, 15) is 0 Å². The van der Waals surface area contributed by atoms with E-state index in [1.807, 2.05) is 12.1 Å². The highest BCUT2D eigenvalue weighted by Gasteiger charge is 2.16. The minimum atomic E-state index is 0.0874. The number of benzene rings is 2. The summed E-state index contributed by atoms with van der Waals surface area (Å²) in [5.74, 6) is 6.16. The molecule has 0 saturated heterocycles. The molecule has 0 amide bonds. The van der Waals surface area contributed by atoms with E-state index >= 15 is 0 Å². The van der Waals surface area contributed by atoms with Gasteiger partial charge < -0.3 is 5.84 Å². The lowest BCUT2D eigenvalue weighted by molar-refractivity contribution is 0.591.